The third kappa shape index (κ3) is 8.06. The Hall–Kier alpha value is -0.560. The van der Waals surface area contributed by atoms with Crippen LogP contribution in [0.4, 0.5) is 0 Å². The Kier molecular flexibility index (Phi) is 5.78. The SMILES string of the molecule is C=C(C)/C=C/C(C)(C)CCCC(=O)Cl. The lowest BCUT2D eigenvalue weighted by Gasteiger charge is -2.19. The van der Waals surface area contributed by atoms with Crippen LogP contribution in [0.15, 0.2) is 24.3 Å². The van der Waals surface area contributed by atoms with Gasteiger partial charge in [0.05, 0.1) is 0 Å². The molecular formula is C12H19ClO. The van der Waals surface area contributed by atoms with Gasteiger partial charge in [-0.25, -0.2) is 0 Å². The zero-order valence-electron chi connectivity index (χ0n) is 9.27. The smallest absolute Gasteiger partial charge is 0.221 e. The Morgan fingerprint density at radius 1 is 1.50 bits per heavy atom. The number of hydrogen-bond donors (Lipinski definition) is 0. The molecule has 0 atom stereocenters. The highest BCUT2D eigenvalue weighted by molar-refractivity contribution is 6.63. The quantitative estimate of drug-likeness (QED) is 0.481. The predicted octanol–water partition coefficient (Wildman–Crippen LogP) is 4.08. The molecule has 0 aromatic carbocycles. The molecule has 0 rings (SSSR count). The van der Waals surface area contributed by atoms with E-state index in [1.807, 2.05) is 13.0 Å². The molecule has 1 nitrogen and oxygen atoms in total. The number of hydrogen-bond acceptors (Lipinski definition) is 1. The monoisotopic (exact) mass is 214 g/mol. The Labute approximate surface area is 91.8 Å². The summed E-state index contributed by atoms with van der Waals surface area (Å²) in [5.74, 6) is 0. The molecule has 0 fully saturated rings. The van der Waals surface area contributed by atoms with Gasteiger partial charge in [-0.2, -0.15) is 0 Å². The predicted molar refractivity (Wildman–Crippen MR) is 62.4 cm³/mol. The molecule has 0 radical (unpaired) electrons. The van der Waals surface area contributed by atoms with Crippen molar-refractivity contribution < 1.29 is 4.79 Å². The van der Waals surface area contributed by atoms with Gasteiger partial charge in [0.1, 0.15) is 0 Å². The lowest BCUT2D eigenvalue weighted by Crippen LogP contribution is -2.07. The van der Waals surface area contributed by atoms with Crippen LogP contribution in [0.1, 0.15) is 40.0 Å². The van der Waals surface area contributed by atoms with Gasteiger partial charge in [-0.15, -0.1) is 0 Å². The first-order valence-corrected chi connectivity index (χ1v) is 5.24. The van der Waals surface area contributed by atoms with Crippen molar-refractivity contribution in [2.45, 2.75) is 40.0 Å². The van der Waals surface area contributed by atoms with Gasteiger partial charge >= 0.3 is 0 Å². The summed E-state index contributed by atoms with van der Waals surface area (Å²) in [6.45, 7) is 10.1. The second kappa shape index (κ2) is 6.02. The molecule has 0 aliphatic rings. The molecule has 0 spiro atoms. The average Bonchev–Trinajstić information content (AvgIpc) is 2.00. The molecule has 0 bridgehead atoms. The normalized spacial score (nSPS) is 12.0. The van der Waals surface area contributed by atoms with E-state index in [-0.39, 0.29) is 10.7 Å². The summed E-state index contributed by atoms with van der Waals surface area (Å²) in [7, 11) is 0. The van der Waals surface area contributed by atoms with Crippen LogP contribution in [0.2, 0.25) is 0 Å². The first-order valence-electron chi connectivity index (χ1n) is 4.86. The van der Waals surface area contributed by atoms with E-state index >= 15 is 0 Å². The van der Waals surface area contributed by atoms with Crippen molar-refractivity contribution in [1.82, 2.24) is 0 Å². The van der Waals surface area contributed by atoms with Crippen LogP contribution < -0.4 is 0 Å². The number of halogens is 1. The molecule has 0 aromatic heterocycles. The molecule has 0 unspecified atom stereocenters. The molecule has 0 saturated heterocycles. The van der Waals surface area contributed by atoms with Gasteiger partial charge in [0.25, 0.3) is 0 Å². The maximum atomic E-state index is 10.5. The van der Waals surface area contributed by atoms with E-state index in [0.717, 1.165) is 18.4 Å². The van der Waals surface area contributed by atoms with Gasteiger partial charge in [0.15, 0.2) is 0 Å². The maximum Gasteiger partial charge on any atom is 0.221 e. The van der Waals surface area contributed by atoms with E-state index in [1.165, 1.54) is 0 Å². The fourth-order valence-electron chi connectivity index (χ4n) is 1.13. The van der Waals surface area contributed by atoms with E-state index in [9.17, 15) is 4.79 Å². The molecular weight excluding hydrogens is 196 g/mol. The summed E-state index contributed by atoms with van der Waals surface area (Å²) >= 11 is 5.26. The van der Waals surface area contributed by atoms with E-state index in [2.05, 4.69) is 26.5 Å². The fourth-order valence-corrected chi connectivity index (χ4v) is 1.27. The highest BCUT2D eigenvalue weighted by atomic mass is 35.5. The minimum atomic E-state index is -0.246. The van der Waals surface area contributed by atoms with E-state index < -0.39 is 0 Å². The van der Waals surface area contributed by atoms with E-state index in [0.29, 0.717) is 6.42 Å². The van der Waals surface area contributed by atoms with Crippen LogP contribution in [0.25, 0.3) is 0 Å². The molecule has 0 amide bonds. The molecule has 0 N–H and O–H groups in total. The number of carbonyl (C=O) groups is 1. The summed E-state index contributed by atoms with van der Waals surface area (Å²) in [6, 6.07) is 0. The number of rotatable bonds is 6. The zero-order chi connectivity index (χ0) is 11.2. The average molecular weight is 215 g/mol. The van der Waals surface area contributed by atoms with Crippen molar-refractivity contribution in [2.24, 2.45) is 5.41 Å². The molecule has 0 aliphatic heterocycles. The van der Waals surface area contributed by atoms with Crippen LogP contribution in [-0.2, 0) is 4.79 Å². The lowest BCUT2D eigenvalue weighted by atomic mass is 9.86. The minimum Gasteiger partial charge on any atom is -0.281 e. The first kappa shape index (κ1) is 13.4. The maximum absolute atomic E-state index is 10.5. The van der Waals surface area contributed by atoms with Gasteiger partial charge in [0, 0.05) is 6.42 Å². The van der Waals surface area contributed by atoms with Crippen LogP contribution in [-0.4, -0.2) is 5.24 Å². The lowest BCUT2D eigenvalue weighted by molar-refractivity contribution is -0.111. The largest absolute Gasteiger partial charge is 0.281 e. The van der Waals surface area contributed by atoms with Crippen LogP contribution >= 0.6 is 11.6 Å². The molecule has 0 aliphatic carbocycles. The number of allylic oxidation sites excluding steroid dienone is 3. The Balaban J connectivity index is 3.94. The number of carbonyl (C=O) groups excluding carboxylic acids is 1. The van der Waals surface area contributed by atoms with Crippen LogP contribution in [0.5, 0.6) is 0 Å². The summed E-state index contributed by atoms with van der Waals surface area (Å²) in [5.41, 5.74) is 1.16. The van der Waals surface area contributed by atoms with Gasteiger partial charge in [0.2, 0.25) is 5.24 Å². The fraction of sp³-hybridized carbons (Fsp3) is 0.583. The Morgan fingerprint density at radius 3 is 2.50 bits per heavy atom. The van der Waals surface area contributed by atoms with Crippen molar-refractivity contribution in [3.63, 3.8) is 0 Å². The van der Waals surface area contributed by atoms with Crippen molar-refractivity contribution in [2.75, 3.05) is 0 Å². The summed E-state index contributed by atoms with van der Waals surface area (Å²) in [4.78, 5) is 10.5. The van der Waals surface area contributed by atoms with Crippen molar-refractivity contribution in [1.29, 1.82) is 0 Å². The molecule has 0 heterocycles. The standard InChI is InChI=1S/C12H19ClO/c1-10(2)7-9-12(3,4)8-5-6-11(13)14/h7,9H,1,5-6,8H2,2-4H3/b9-7+. The third-order valence-corrected chi connectivity index (χ3v) is 2.20. The van der Waals surface area contributed by atoms with Crippen LogP contribution in [0.3, 0.4) is 0 Å². The zero-order valence-corrected chi connectivity index (χ0v) is 10.0. The Morgan fingerprint density at radius 2 is 2.07 bits per heavy atom. The van der Waals surface area contributed by atoms with Crippen LogP contribution in [0, 0.1) is 5.41 Å². The van der Waals surface area contributed by atoms with Gasteiger partial charge in [-0.05, 0) is 36.8 Å². The highest BCUT2D eigenvalue weighted by Crippen LogP contribution is 2.25. The van der Waals surface area contributed by atoms with Crippen molar-refractivity contribution in [3.8, 4) is 0 Å². The molecule has 2 heteroatoms. The third-order valence-electron chi connectivity index (χ3n) is 2.01. The minimum absolute atomic E-state index is 0.116. The van der Waals surface area contributed by atoms with E-state index in [1.54, 1.807) is 0 Å². The van der Waals surface area contributed by atoms with Crippen molar-refractivity contribution >= 4 is 16.8 Å². The second-order valence-electron chi connectivity index (χ2n) is 4.38. The molecule has 0 saturated carbocycles. The van der Waals surface area contributed by atoms with Gasteiger partial charge < -0.3 is 0 Å². The van der Waals surface area contributed by atoms with E-state index in [4.69, 9.17) is 11.6 Å². The topological polar surface area (TPSA) is 17.1 Å². The van der Waals surface area contributed by atoms with Crippen molar-refractivity contribution in [3.05, 3.63) is 24.3 Å². The first-order chi connectivity index (χ1) is 6.33. The second-order valence-corrected chi connectivity index (χ2v) is 4.80. The summed E-state index contributed by atoms with van der Waals surface area (Å²) in [5, 5.41) is -0.246. The summed E-state index contributed by atoms with van der Waals surface area (Å²) in [6.07, 6.45) is 6.42. The van der Waals surface area contributed by atoms with Gasteiger partial charge in [-0.3, -0.25) is 4.79 Å². The van der Waals surface area contributed by atoms with Gasteiger partial charge in [-0.1, -0.05) is 38.2 Å². The summed E-state index contributed by atoms with van der Waals surface area (Å²) < 4.78 is 0. The molecule has 0 aromatic rings. The molecule has 80 valence electrons. The molecule has 14 heavy (non-hydrogen) atoms. The Bertz CT molecular complexity index is 239. The highest BCUT2D eigenvalue weighted by Gasteiger charge is 2.13.